The van der Waals surface area contributed by atoms with Crippen molar-refractivity contribution in [2.45, 2.75) is 0 Å². The van der Waals surface area contributed by atoms with Crippen molar-refractivity contribution in [3.63, 3.8) is 0 Å². The summed E-state index contributed by atoms with van der Waals surface area (Å²) in [5.74, 6) is -2.77. The van der Waals surface area contributed by atoms with Gasteiger partial charge in [-0.1, -0.05) is 15.9 Å². The smallest absolute Gasteiger partial charge is 0.269 e. The minimum atomic E-state index is -0.834. The van der Waals surface area contributed by atoms with E-state index in [1.54, 1.807) is 18.2 Å². The first-order valence-electron chi connectivity index (χ1n) is 11.7. The topological polar surface area (TPSA) is 115 Å². The molecular weight excluding hydrogens is 588 g/mol. The SMILES string of the molecule is CNC(=O)c1cc(Oc2ccc(NC(=O)c3cc4cccnc4n(-c4ccc(Br)cc4F)c3=O)cc2F)ccn1. The molecule has 0 saturated carbocycles. The molecule has 0 saturated heterocycles. The first-order chi connectivity index (χ1) is 19.2. The van der Waals surface area contributed by atoms with Gasteiger partial charge in [0.25, 0.3) is 17.4 Å². The average Bonchev–Trinajstić information content (AvgIpc) is 2.94. The number of nitrogens with one attached hydrogen (secondary N) is 2. The predicted octanol–water partition coefficient (Wildman–Crippen LogP) is 5.23. The average molecular weight is 606 g/mol. The van der Waals surface area contributed by atoms with Crippen LogP contribution in [0.2, 0.25) is 0 Å². The summed E-state index contributed by atoms with van der Waals surface area (Å²) in [5, 5.41) is 5.35. The summed E-state index contributed by atoms with van der Waals surface area (Å²) in [6.45, 7) is 0. The Morgan fingerprint density at radius 3 is 2.50 bits per heavy atom. The zero-order valence-corrected chi connectivity index (χ0v) is 22.2. The molecule has 2 aromatic carbocycles. The van der Waals surface area contributed by atoms with E-state index in [0.29, 0.717) is 9.86 Å². The van der Waals surface area contributed by atoms with Gasteiger partial charge in [0, 0.05) is 47.1 Å². The van der Waals surface area contributed by atoms with E-state index in [0.717, 1.165) is 10.6 Å². The van der Waals surface area contributed by atoms with Crippen LogP contribution in [-0.2, 0) is 0 Å². The molecule has 0 atom stereocenters. The third-order valence-corrected chi connectivity index (χ3v) is 6.26. The summed E-state index contributed by atoms with van der Waals surface area (Å²) in [4.78, 5) is 46.5. The van der Waals surface area contributed by atoms with Crippen LogP contribution in [0.3, 0.4) is 0 Å². The van der Waals surface area contributed by atoms with Crippen molar-refractivity contribution in [2.24, 2.45) is 0 Å². The fourth-order valence-electron chi connectivity index (χ4n) is 3.91. The van der Waals surface area contributed by atoms with Gasteiger partial charge in [0.1, 0.15) is 28.5 Å². The number of aromatic nitrogens is 3. The number of fused-ring (bicyclic) bond motifs is 1. The number of rotatable bonds is 6. The number of hydrogen-bond acceptors (Lipinski definition) is 6. The van der Waals surface area contributed by atoms with Gasteiger partial charge >= 0.3 is 0 Å². The quantitative estimate of drug-likeness (QED) is 0.274. The zero-order chi connectivity index (χ0) is 28.4. The highest BCUT2D eigenvalue weighted by atomic mass is 79.9. The fourth-order valence-corrected chi connectivity index (χ4v) is 4.24. The van der Waals surface area contributed by atoms with Crippen molar-refractivity contribution in [3.05, 3.63) is 117 Å². The van der Waals surface area contributed by atoms with Gasteiger partial charge in [-0.15, -0.1) is 0 Å². The number of ether oxygens (including phenoxy) is 1. The summed E-state index contributed by atoms with van der Waals surface area (Å²) in [5.41, 5.74) is -0.911. The van der Waals surface area contributed by atoms with Gasteiger partial charge in [-0.2, -0.15) is 0 Å². The molecule has 0 unspecified atom stereocenters. The van der Waals surface area contributed by atoms with Crippen molar-refractivity contribution in [1.82, 2.24) is 19.9 Å². The number of anilines is 1. The first-order valence-corrected chi connectivity index (χ1v) is 12.5. The second-order valence-electron chi connectivity index (χ2n) is 8.37. The van der Waals surface area contributed by atoms with Crippen LogP contribution in [0.1, 0.15) is 20.8 Å². The summed E-state index contributed by atoms with van der Waals surface area (Å²) in [7, 11) is 1.45. The maximum atomic E-state index is 14.9. The normalized spacial score (nSPS) is 10.8. The molecule has 3 aromatic heterocycles. The monoisotopic (exact) mass is 605 g/mol. The lowest BCUT2D eigenvalue weighted by Gasteiger charge is -2.14. The van der Waals surface area contributed by atoms with Crippen LogP contribution in [-0.4, -0.2) is 33.4 Å². The molecule has 2 amide bonds. The lowest BCUT2D eigenvalue weighted by Crippen LogP contribution is -2.29. The van der Waals surface area contributed by atoms with Crippen LogP contribution in [0.5, 0.6) is 11.5 Å². The number of halogens is 3. The van der Waals surface area contributed by atoms with Gasteiger partial charge in [0.2, 0.25) is 0 Å². The van der Waals surface area contributed by atoms with Crippen LogP contribution in [0.4, 0.5) is 14.5 Å². The van der Waals surface area contributed by atoms with Crippen LogP contribution in [0, 0.1) is 11.6 Å². The molecular formula is C28H18BrF2N5O4. The molecule has 5 rings (SSSR count). The van der Waals surface area contributed by atoms with Crippen molar-refractivity contribution >= 4 is 44.5 Å². The number of carbonyl (C=O) groups excluding carboxylic acids is 2. The molecule has 0 aliphatic rings. The maximum Gasteiger partial charge on any atom is 0.269 e. The molecule has 12 heteroatoms. The summed E-state index contributed by atoms with van der Waals surface area (Å²) in [6.07, 6.45) is 2.80. The van der Waals surface area contributed by atoms with Crippen LogP contribution < -0.4 is 20.9 Å². The van der Waals surface area contributed by atoms with Gasteiger partial charge in [0.05, 0.1) is 5.69 Å². The number of pyridine rings is 3. The summed E-state index contributed by atoms with van der Waals surface area (Å²) < 4.78 is 36.7. The van der Waals surface area contributed by atoms with Gasteiger partial charge in [-0.05, 0) is 54.6 Å². The largest absolute Gasteiger partial charge is 0.454 e. The molecule has 0 spiro atoms. The minimum Gasteiger partial charge on any atom is -0.454 e. The molecule has 3 heterocycles. The first kappa shape index (κ1) is 26.6. The lowest BCUT2D eigenvalue weighted by atomic mass is 10.1. The fraction of sp³-hybridized carbons (Fsp3) is 0.0357. The van der Waals surface area contributed by atoms with Crippen molar-refractivity contribution < 1.29 is 23.1 Å². The summed E-state index contributed by atoms with van der Waals surface area (Å²) >= 11 is 3.19. The second kappa shape index (κ2) is 11.0. The van der Waals surface area contributed by atoms with E-state index in [1.165, 1.54) is 61.9 Å². The lowest BCUT2D eigenvalue weighted by molar-refractivity contribution is 0.0957. The van der Waals surface area contributed by atoms with Crippen LogP contribution in [0.25, 0.3) is 16.7 Å². The van der Waals surface area contributed by atoms with Gasteiger partial charge < -0.3 is 15.4 Å². The van der Waals surface area contributed by atoms with Crippen LogP contribution in [0.15, 0.2) is 88.4 Å². The van der Waals surface area contributed by atoms with Gasteiger partial charge in [-0.3, -0.25) is 23.9 Å². The molecule has 5 aromatic rings. The number of hydrogen-bond donors (Lipinski definition) is 2. The van der Waals surface area contributed by atoms with E-state index in [-0.39, 0.29) is 39.8 Å². The molecule has 0 bridgehead atoms. The van der Waals surface area contributed by atoms with Crippen LogP contribution >= 0.6 is 15.9 Å². The molecule has 200 valence electrons. The Kier molecular flexibility index (Phi) is 7.34. The van der Waals surface area contributed by atoms with Crippen molar-refractivity contribution in [2.75, 3.05) is 12.4 Å². The van der Waals surface area contributed by atoms with E-state index < -0.39 is 29.0 Å². The highest BCUT2D eigenvalue weighted by Crippen LogP contribution is 2.27. The highest BCUT2D eigenvalue weighted by Gasteiger charge is 2.20. The molecule has 9 nitrogen and oxygen atoms in total. The van der Waals surface area contributed by atoms with E-state index in [1.807, 2.05) is 0 Å². The molecule has 40 heavy (non-hydrogen) atoms. The van der Waals surface area contributed by atoms with E-state index in [9.17, 15) is 23.2 Å². The number of benzene rings is 2. The van der Waals surface area contributed by atoms with Gasteiger partial charge in [0.15, 0.2) is 11.6 Å². The Hall–Kier alpha value is -4.97. The summed E-state index contributed by atoms with van der Waals surface area (Å²) in [6, 6.07) is 15.2. The van der Waals surface area contributed by atoms with Gasteiger partial charge in [-0.25, -0.2) is 13.8 Å². The van der Waals surface area contributed by atoms with E-state index in [2.05, 4.69) is 36.5 Å². The Morgan fingerprint density at radius 1 is 0.925 bits per heavy atom. The number of carbonyl (C=O) groups is 2. The van der Waals surface area contributed by atoms with E-state index >= 15 is 0 Å². The Morgan fingerprint density at radius 2 is 1.75 bits per heavy atom. The van der Waals surface area contributed by atoms with Crippen molar-refractivity contribution in [1.29, 1.82) is 0 Å². The molecule has 0 aliphatic carbocycles. The van der Waals surface area contributed by atoms with E-state index in [4.69, 9.17) is 4.74 Å². The molecule has 0 fully saturated rings. The second-order valence-corrected chi connectivity index (χ2v) is 9.28. The number of amides is 2. The highest BCUT2D eigenvalue weighted by molar-refractivity contribution is 9.10. The van der Waals surface area contributed by atoms with Crippen molar-refractivity contribution in [3.8, 4) is 17.2 Å². The standard InChI is InChI=1S/C28H18BrF2N5O4/c1-32-27(38)22-14-18(8-10-33-22)40-24-7-5-17(13-21(24)31)35-26(37)19-11-15-3-2-9-34-25(15)36(28(19)39)23-6-4-16(29)12-20(23)30/h2-14H,1H3,(H,32,38)(H,35,37). The Labute approximate surface area is 233 Å². The molecule has 2 N–H and O–H groups in total. The third-order valence-electron chi connectivity index (χ3n) is 5.77. The maximum absolute atomic E-state index is 14.9. The third kappa shape index (κ3) is 5.29. The molecule has 0 aliphatic heterocycles. The Bertz CT molecular complexity index is 1860. The Balaban J connectivity index is 1.45. The predicted molar refractivity (Wildman–Crippen MR) is 147 cm³/mol. The molecule has 0 radical (unpaired) electrons. The zero-order valence-electron chi connectivity index (χ0n) is 20.6. The number of nitrogens with zero attached hydrogens (tertiary/aromatic N) is 3. The minimum absolute atomic E-state index is 0.0442.